The molecule has 1 unspecified atom stereocenters. The Balaban J connectivity index is 1.79. The van der Waals surface area contributed by atoms with E-state index in [0.717, 1.165) is 19.4 Å². The van der Waals surface area contributed by atoms with E-state index < -0.39 is 0 Å². The van der Waals surface area contributed by atoms with Gasteiger partial charge in [0.25, 0.3) is 0 Å². The highest BCUT2D eigenvalue weighted by Crippen LogP contribution is 2.12. The second-order valence-corrected chi connectivity index (χ2v) is 3.94. The third-order valence-electron chi connectivity index (χ3n) is 2.51. The third kappa shape index (κ3) is 6.78. The summed E-state index contributed by atoms with van der Waals surface area (Å²) in [5, 5.41) is 8.28. The zero-order valence-corrected chi connectivity index (χ0v) is 9.82. The molecule has 0 aliphatic carbocycles. The number of nitrogens with zero attached hydrogens (tertiary/aromatic N) is 1. The predicted octanol–water partition coefficient (Wildman–Crippen LogP) is 1.89. The number of hydrogen-bond acceptors (Lipinski definition) is 4. The van der Waals surface area contributed by atoms with Crippen molar-refractivity contribution < 1.29 is 14.2 Å². The molecular weight excluding hydrogens is 206 g/mol. The fraction of sp³-hybridized carbons (Fsp3) is 0.917. The summed E-state index contributed by atoms with van der Waals surface area (Å²) in [5.74, 6) is 0. The van der Waals surface area contributed by atoms with E-state index in [1.165, 1.54) is 12.8 Å². The average Bonchev–Trinajstić information content (AvgIpc) is 2.34. The molecule has 4 nitrogen and oxygen atoms in total. The van der Waals surface area contributed by atoms with Gasteiger partial charge in [-0.3, -0.25) is 0 Å². The van der Waals surface area contributed by atoms with Gasteiger partial charge in [0.2, 0.25) is 0 Å². The molecule has 0 aromatic rings. The minimum absolute atomic E-state index is 0.299. The maximum Gasteiger partial charge on any atom is 0.0808 e. The van der Waals surface area contributed by atoms with Gasteiger partial charge >= 0.3 is 0 Å². The smallest absolute Gasteiger partial charge is 0.0808 e. The molecule has 1 atom stereocenters. The van der Waals surface area contributed by atoms with Crippen molar-refractivity contribution in [3.8, 4) is 6.07 Å². The van der Waals surface area contributed by atoms with E-state index in [1.807, 2.05) is 6.07 Å². The van der Waals surface area contributed by atoms with Crippen LogP contribution in [0.25, 0.3) is 0 Å². The fourth-order valence-electron chi connectivity index (χ4n) is 1.64. The lowest BCUT2D eigenvalue weighted by Gasteiger charge is -2.22. The molecule has 1 saturated heterocycles. The highest BCUT2D eigenvalue weighted by atomic mass is 16.5. The number of ether oxygens (including phenoxy) is 3. The summed E-state index contributed by atoms with van der Waals surface area (Å²) in [4.78, 5) is 0. The second kappa shape index (κ2) is 9.59. The number of hydrogen-bond donors (Lipinski definition) is 0. The molecule has 1 rings (SSSR count). The minimum Gasteiger partial charge on any atom is -0.380 e. The first-order valence-corrected chi connectivity index (χ1v) is 6.07. The first-order chi connectivity index (χ1) is 7.93. The van der Waals surface area contributed by atoms with Crippen LogP contribution in [0.2, 0.25) is 0 Å². The molecule has 0 bridgehead atoms. The molecule has 0 spiro atoms. The van der Waals surface area contributed by atoms with Crippen LogP contribution in [0.15, 0.2) is 0 Å². The van der Waals surface area contributed by atoms with Crippen molar-refractivity contribution in [2.45, 2.75) is 38.2 Å². The molecule has 1 aliphatic heterocycles. The monoisotopic (exact) mass is 227 g/mol. The summed E-state index contributed by atoms with van der Waals surface area (Å²) in [6, 6.07) is 2.04. The molecule has 0 N–H and O–H groups in total. The Labute approximate surface area is 97.5 Å². The van der Waals surface area contributed by atoms with Crippen molar-refractivity contribution in [2.24, 2.45) is 0 Å². The zero-order valence-electron chi connectivity index (χ0n) is 9.82. The van der Waals surface area contributed by atoms with Gasteiger partial charge < -0.3 is 14.2 Å². The van der Waals surface area contributed by atoms with Gasteiger partial charge in [-0.15, -0.1) is 0 Å². The van der Waals surface area contributed by atoms with Crippen molar-refractivity contribution >= 4 is 0 Å². The summed E-state index contributed by atoms with van der Waals surface area (Å²) in [6.07, 6.45) is 5.22. The van der Waals surface area contributed by atoms with E-state index in [-0.39, 0.29) is 0 Å². The molecular formula is C12H21NO3. The summed E-state index contributed by atoms with van der Waals surface area (Å²) in [7, 11) is 0. The maximum atomic E-state index is 8.28. The van der Waals surface area contributed by atoms with Gasteiger partial charge in [-0.1, -0.05) is 0 Å². The molecule has 0 aromatic heterocycles. The van der Waals surface area contributed by atoms with Crippen LogP contribution < -0.4 is 0 Å². The van der Waals surface area contributed by atoms with Crippen LogP contribution in [0.5, 0.6) is 0 Å². The number of nitriles is 1. The van der Waals surface area contributed by atoms with Crippen LogP contribution in [0.4, 0.5) is 0 Å². The molecule has 0 amide bonds. The Hall–Kier alpha value is -0.630. The highest BCUT2D eigenvalue weighted by molar-refractivity contribution is 4.67. The Morgan fingerprint density at radius 1 is 1.19 bits per heavy atom. The van der Waals surface area contributed by atoms with Crippen LogP contribution in [-0.2, 0) is 14.2 Å². The van der Waals surface area contributed by atoms with Crippen LogP contribution >= 0.6 is 0 Å². The van der Waals surface area contributed by atoms with Gasteiger partial charge in [-0.2, -0.15) is 5.26 Å². The molecule has 1 fully saturated rings. The molecule has 1 aliphatic rings. The molecule has 0 saturated carbocycles. The molecule has 4 heteroatoms. The van der Waals surface area contributed by atoms with Crippen molar-refractivity contribution in [2.75, 3.05) is 33.0 Å². The fourth-order valence-corrected chi connectivity index (χ4v) is 1.64. The van der Waals surface area contributed by atoms with Gasteiger partial charge in [-0.05, 0) is 25.7 Å². The molecule has 0 radical (unpaired) electrons. The van der Waals surface area contributed by atoms with Crippen molar-refractivity contribution in [3.63, 3.8) is 0 Å². The van der Waals surface area contributed by atoms with Gasteiger partial charge in [0.05, 0.1) is 31.8 Å². The predicted molar refractivity (Wildman–Crippen MR) is 60.1 cm³/mol. The molecule has 0 aromatic carbocycles. The lowest BCUT2D eigenvalue weighted by molar-refractivity contribution is -0.0434. The Bertz CT molecular complexity index is 197. The van der Waals surface area contributed by atoms with E-state index in [0.29, 0.717) is 39.0 Å². The normalized spacial score (nSPS) is 20.6. The van der Waals surface area contributed by atoms with Crippen molar-refractivity contribution in [3.05, 3.63) is 0 Å². The van der Waals surface area contributed by atoms with Crippen LogP contribution in [0, 0.1) is 11.3 Å². The lowest BCUT2D eigenvalue weighted by Crippen LogP contribution is -2.24. The first-order valence-electron chi connectivity index (χ1n) is 6.07. The van der Waals surface area contributed by atoms with Gasteiger partial charge in [0.15, 0.2) is 0 Å². The van der Waals surface area contributed by atoms with E-state index in [1.54, 1.807) is 0 Å². The van der Waals surface area contributed by atoms with Crippen LogP contribution in [0.1, 0.15) is 32.1 Å². The van der Waals surface area contributed by atoms with E-state index in [4.69, 9.17) is 19.5 Å². The summed E-state index contributed by atoms with van der Waals surface area (Å²) >= 11 is 0. The Morgan fingerprint density at radius 2 is 2.06 bits per heavy atom. The van der Waals surface area contributed by atoms with Crippen molar-refractivity contribution in [1.82, 2.24) is 0 Å². The molecule has 1 heterocycles. The lowest BCUT2D eigenvalue weighted by atomic mass is 10.1. The topological polar surface area (TPSA) is 51.5 Å². The van der Waals surface area contributed by atoms with E-state index in [9.17, 15) is 0 Å². The van der Waals surface area contributed by atoms with Crippen molar-refractivity contribution in [1.29, 1.82) is 5.26 Å². The Kier molecular flexibility index (Phi) is 8.05. The molecule has 16 heavy (non-hydrogen) atoms. The van der Waals surface area contributed by atoms with Gasteiger partial charge in [0, 0.05) is 19.8 Å². The van der Waals surface area contributed by atoms with E-state index in [2.05, 4.69) is 0 Å². The standard InChI is InChI=1S/C12H21NO3/c13-6-3-7-14-8-4-9-15-11-12-5-1-2-10-16-12/h12H,1-5,7-11H2. The van der Waals surface area contributed by atoms with Gasteiger partial charge in [0.1, 0.15) is 0 Å². The van der Waals surface area contributed by atoms with E-state index >= 15 is 0 Å². The summed E-state index contributed by atoms with van der Waals surface area (Å²) in [6.45, 7) is 3.51. The van der Waals surface area contributed by atoms with Gasteiger partial charge in [-0.25, -0.2) is 0 Å². The largest absolute Gasteiger partial charge is 0.380 e. The second-order valence-electron chi connectivity index (χ2n) is 3.94. The Morgan fingerprint density at radius 3 is 2.81 bits per heavy atom. The maximum absolute atomic E-state index is 8.28. The quantitative estimate of drug-likeness (QED) is 0.594. The zero-order chi connectivity index (χ0) is 11.5. The summed E-state index contributed by atoms with van der Waals surface area (Å²) < 4.78 is 16.3. The first kappa shape index (κ1) is 13.4. The molecule has 92 valence electrons. The minimum atomic E-state index is 0.299. The van der Waals surface area contributed by atoms with Crippen LogP contribution in [-0.4, -0.2) is 39.1 Å². The highest BCUT2D eigenvalue weighted by Gasteiger charge is 2.13. The third-order valence-corrected chi connectivity index (χ3v) is 2.51. The number of rotatable bonds is 8. The SMILES string of the molecule is N#CCCOCCCOCC1CCCCO1. The summed E-state index contributed by atoms with van der Waals surface area (Å²) in [5.41, 5.74) is 0. The average molecular weight is 227 g/mol. The van der Waals surface area contributed by atoms with Crippen LogP contribution in [0.3, 0.4) is 0 Å².